The van der Waals surface area contributed by atoms with Crippen molar-refractivity contribution in [3.63, 3.8) is 0 Å². The second-order valence-electron chi connectivity index (χ2n) is 5.08. The zero-order chi connectivity index (χ0) is 11.7. The SMILES string of the molecule is O=C(C1CCCC1)C1Cc2ccccc2C=N1. The Morgan fingerprint density at radius 1 is 1.18 bits per heavy atom. The summed E-state index contributed by atoms with van der Waals surface area (Å²) in [5.74, 6) is 0.649. The van der Waals surface area contributed by atoms with Crippen LogP contribution in [0, 0.1) is 5.92 Å². The van der Waals surface area contributed by atoms with Crippen molar-refractivity contribution in [2.24, 2.45) is 10.9 Å². The highest BCUT2D eigenvalue weighted by molar-refractivity contribution is 5.92. The monoisotopic (exact) mass is 227 g/mol. The van der Waals surface area contributed by atoms with Gasteiger partial charge in [0.1, 0.15) is 6.04 Å². The Balaban J connectivity index is 1.78. The molecule has 1 heterocycles. The van der Waals surface area contributed by atoms with Crippen molar-refractivity contribution in [2.45, 2.75) is 38.1 Å². The molecule has 2 heteroatoms. The number of aliphatic imine (C=N–C) groups is 1. The third kappa shape index (κ3) is 2.04. The van der Waals surface area contributed by atoms with Crippen LogP contribution in [0.25, 0.3) is 0 Å². The Hall–Kier alpha value is -1.44. The lowest BCUT2D eigenvalue weighted by Crippen LogP contribution is -2.29. The predicted molar refractivity (Wildman–Crippen MR) is 68.5 cm³/mol. The molecular formula is C15H17NO. The summed E-state index contributed by atoms with van der Waals surface area (Å²) < 4.78 is 0. The Labute approximate surface area is 102 Å². The van der Waals surface area contributed by atoms with Gasteiger partial charge in [-0.3, -0.25) is 9.79 Å². The number of hydrogen-bond acceptors (Lipinski definition) is 2. The van der Waals surface area contributed by atoms with E-state index >= 15 is 0 Å². The molecule has 1 fully saturated rings. The van der Waals surface area contributed by atoms with Crippen molar-refractivity contribution >= 4 is 12.0 Å². The molecule has 1 aliphatic carbocycles. The van der Waals surface area contributed by atoms with Crippen molar-refractivity contribution in [3.8, 4) is 0 Å². The van der Waals surface area contributed by atoms with Gasteiger partial charge in [-0.05, 0) is 24.0 Å². The number of carbonyl (C=O) groups excluding carboxylic acids is 1. The van der Waals surface area contributed by atoms with Crippen molar-refractivity contribution < 1.29 is 4.79 Å². The van der Waals surface area contributed by atoms with Crippen LogP contribution >= 0.6 is 0 Å². The second-order valence-corrected chi connectivity index (χ2v) is 5.08. The highest BCUT2D eigenvalue weighted by Gasteiger charge is 2.30. The summed E-state index contributed by atoms with van der Waals surface area (Å²) in [7, 11) is 0. The molecule has 0 amide bonds. The number of hydrogen-bond donors (Lipinski definition) is 0. The van der Waals surface area contributed by atoms with Crippen LogP contribution in [0.3, 0.4) is 0 Å². The van der Waals surface area contributed by atoms with Gasteiger partial charge < -0.3 is 0 Å². The number of rotatable bonds is 2. The van der Waals surface area contributed by atoms with E-state index in [1.54, 1.807) is 0 Å². The van der Waals surface area contributed by atoms with Crippen molar-refractivity contribution in [1.29, 1.82) is 0 Å². The maximum Gasteiger partial charge on any atom is 0.160 e. The number of fused-ring (bicyclic) bond motifs is 1. The standard InChI is InChI=1S/C15H17NO/c17-15(11-5-1-2-6-11)14-9-12-7-3-4-8-13(12)10-16-14/h3-4,7-8,10-11,14H,1-2,5-6,9H2. The van der Waals surface area contributed by atoms with Crippen molar-refractivity contribution in [1.82, 2.24) is 0 Å². The van der Waals surface area contributed by atoms with E-state index in [0.717, 1.165) is 19.3 Å². The summed E-state index contributed by atoms with van der Waals surface area (Å²) in [5, 5.41) is 0. The fourth-order valence-electron chi connectivity index (χ4n) is 2.93. The molecule has 2 nitrogen and oxygen atoms in total. The quantitative estimate of drug-likeness (QED) is 0.764. The molecule has 3 rings (SSSR count). The van der Waals surface area contributed by atoms with Gasteiger partial charge in [-0.15, -0.1) is 0 Å². The van der Waals surface area contributed by atoms with E-state index in [2.05, 4.69) is 17.1 Å². The number of ketones is 1. The number of carbonyl (C=O) groups is 1. The summed E-state index contributed by atoms with van der Waals surface area (Å²) in [5.41, 5.74) is 2.43. The van der Waals surface area contributed by atoms with Gasteiger partial charge in [-0.2, -0.15) is 0 Å². The molecule has 1 aromatic rings. The molecule has 0 radical (unpaired) electrons. The first kappa shape index (κ1) is 10.7. The van der Waals surface area contributed by atoms with Crippen molar-refractivity contribution in [2.75, 3.05) is 0 Å². The molecule has 1 aromatic carbocycles. The number of Topliss-reactive ketones (excluding diaryl/α,β-unsaturated/α-hetero) is 1. The van der Waals surface area contributed by atoms with E-state index in [4.69, 9.17) is 0 Å². The second kappa shape index (κ2) is 4.44. The van der Waals surface area contributed by atoms with Gasteiger partial charge in [0.25, 0.3) is 0 Å². The van der Waals surface area contributed by atoms with Crippen LogP contribution in [0.2, 0.25) is 0 Å². The molecular weight excluding hydrogens is 210 g/mol. The fourth-order valence-corrected chi connectivity index (χ4v) is 2.93. The first-order chi connectivity index (χ1) is 8.34. The topological polar surface area (TPSA) is 29.4 Å². The molecule has 2 aliphatic rings. The molecule has 1 aliphatic heterocycles. The summed E-state index contributed by atoms with van der Waals surface area (Å²) in [4.78, 5) is 16.7. The molecule has 88 valence electrons. The zero-order valence-electron chi connectivity index (χ0n) is 9.93. The van der Waals surface area contributed by atoms with Gasteiger partial charge >= 0.3 is 0 Å². The van der Waals surface area contributed by atoms with E-state index in [9.17, 15) is 4.79 Å². The van der Waals surface area contributed by atoms with Crippen LogP contribution in [0.1, 0.15) is 36.8 Å². The first-order valence-corrected chi connectivity index (χ1v) is 6.49. The molecule has 0 aromatic heterocycles. The largest absolute Gasteiger partial charge is 0.297 e. The van der Waals surface area contributed by atoms with E-state index in [1.807, 2.05) is 18.3 Å². The lowest BCUT2D eigenvalue weighted by Gasteiger charge is -2.20. The van der Waals surface area contributed by atoms with E-state index < -0.39 is 0 Å². The third-order valence-corrected chi connectivity index (χ3v) is 3.95. The molecule has 0 saturated heterocycles. The van der Waals surface area contributed by atoms with E-state index in [1.165, 1.54) is 24.0 Å². The maximum absolute atomic E-state index is 12.3. The van der Waals surface area contributed by atoms with Crippen LogP contribution in [0.5, 0.6) is 0 Å². The van der Waals surface area contributed by atoms with Crippen LogP contribution in [-0.2, 0) is 11.2 Å². The average Bonchev–Trinajstić information content (AvgIpc) is 2.91. The van der Waals surface area contributed by atoms with E-state index in [0.29, 0.717) is 5.78 Å². The molecule has 0 spiro atoms. The maximum atomic E-state index is 12.3. The van der Waals surface area contributed by atoms with Gasteiger partial charge in [0.05, 0.1) is 0 Å². The van der Waals surface area contributed by atoms with E-state index in [-0.39, 0.29) is 12.0 Å². The summed E-state index contributed by atoms with van der Waals surface area (Å²) in [6.07, 6.45) is 7.24. The molecule has 0 N–H and O–H groups in total. The first-order valence-electron chi connectivity index (χ1n) is 6.49. The van der Waals surface area contributed by atoms with Crippen LogP contribution in [0.4, 0.5) is 0 Å². The lowest BCUT2D eigenvalue weighted by molar-refractivity contribution is -0.123. The zero-order valence-corrected chi connectivity index (χ0v) is 9.93. The average molecular weight is 227 g/mol. The summed E-state index contributed by atoms with van der Waals surface area (Å²) >= 11 is 0. The minimum Gasteiger partial charge on any atom is -0.297 e. The van der Waals surface area contributed by atoms with Crippen LogP contribution < -0.4 is 0 Å². The lowest BCUT2D eigenvalue weighted by atomic mass is 9.90. The Bertz CT molecular complexity index is 458. The van der Waals surface area contributed by atoms with Crippen LogP contribution in [-0.4, -0.2) is 18.0 Å². The highest BCUT2D eigenvalue weighted by Crippen LogP contribution is 2.29. The summed E-state index contributed by atoms with van der Waals surface area (Å²) in [6.45, 7) is 0. The van der Waals surface area contributed by atoms with Crippen LogP contribution in [0.15, 0.2) is 29.3 Å². The highest BCUT2D eigenvalue weighted by atomic mass is 16.1. The Kier molecular flexibility index (Phi) is 2.79. The molecule has 0 bridgehead atoms. The third-order valence-electron chi connectivity index (χ3n) is 3.95. The van der Waals surface area contributed by atoms with Gasteiger partial charge in [0.2, 0.25) is 0 Å². The minimum atomic E-state index is -0.118. The molecule has 1 atom stereocenters. The number of nitrogens with zero attached hydrogens (tertiary/aromatic N) is 1. The Morgan fingerprint density at radius 2 is 1.94 bits per heavy atom. The summed E-state index contributed by atoms with van der Waals surface area (Å²) in [6, 6.07) is 8.11. The fraction of sp³-hybridized carbons (Fsp3) is 0.467. The normalized spacial score (nSPS) is 23.6. The molecule has 1 unspecified atom stereocenters. The predicted octanol–water partition coefficient (Wildman–Crippen LogP) is 2.79. The van der Waals surface area contributed by atoms with Gasteiger partial charge in [0, 0.05) is 18.6 Å². The Morgan fingerprint density at radius 3 is 2.76 bits per heavy atom. The van der Waals surface area contributed by atoms with Gasteiger partial charge in [0.15, 0.2) is 5.78 Å². The van der Waals surface area contributed by atoms with Gasteiger partial charge in [-0.25, -0.2) is 0 Å². The van der Waals surface area contributed by atoms with Gasteiger partial charge in [-0.1, -0.05) is 37.1 Å². The molecule has 17 heavy (non-hydrogen) atoms. The number of benzene rings is 1. The smallest absolute Gasteiger partial charge is 0.160 e. The molecule has 1 saturated carbocycles. The van der Waals surface area contributed by atoms with Crippen molar-refractivity contribution in [3.05, 3.63) is 35.4 Å². The minimum absolute atomic E-state index is 0.118.